The van der Waals surface area contributed by atoms with Crippen LogP contribution < -0.4 is 5.32 Å². The van der Waals surface area contributed by atoms with E-state index in [1.165, 1.54) is 28.6 Å². The second kappa shape index (κ2) is 6.76. The third-order valence-electron chi connectivity index (χ3n) is 3.87. The van der Waals surface area contributed by atoms with Crippen LogP contribution in [-0.4, -0.2) is 32.4 Å². The lowest BCUT2D eigenvalue weighted by molar-refractivity contribution is 0.271. The fourth-order valence-electron chi connectivity index (χ4n) is 2.78. The number of halogens is 3. The summed E-state index contributed by atoms with van der Waals surface area (Å²) in [6, 6.07) is 8.41. The minimum absolute atomic E-state index is 0.00557. The molecule has 1 aliphatic rings. The van der Waals surface area contributed by atoms with Gasteiger partial charge in [-0.05, 0) is 35.9 Å². The number of hydrogen-bond acceptors (Lipinski definition) is 3. The second-order valence-corrected chi connectivity index (χ2v) is 7.82. The average molecular weight is 373 g/mol. The molecule has 0 bridgehead atoms. The van der Waals surface area contributed by atoms with Gasteiger partial charge < -0.3 is 5.32 Å². The van der Waals surface area contributed by atoms with Gasteiger partial charge in [-0.25, -0.2) is 17.2 Å². The van der Waals surface area contributed by atoms with Gasteiger partial charge in [0.2, 0.25) is 10.0 Å². The summed E-state index contributed by atoms with van der Waals surface area (Å²) in [5.74, 6) is -1.16. The Hall–Kier alpha value is -1.54. The van der Waals surface area contributed by atoms with E-state index in [1.807, 2.05) is 0 Å². The van der Waals surface area contributed by atoms with Crippen LogP contribution in [-0.2, 0) is 10.0 Å². The molecule has 1 saturated heterocycles. The van der Waals surface area contributed by atoms with E-state index in [2.05, 4.69) is 5.32 Å². The fourth-order valence-corrected chi connectivity index (χ4v) is 4.74. The number of piperazine rings is 1. The first-order valence-electron chi connectivity index (χ1n) is 7.32. The summed E-state index contributed by atoms with van der Waals surface area (Å²) in [5, 5.41) is 3.11. The van der Waals surface area contributed by atoms with Crippen LogP contribution in [0.15, 0.2) is 47.4 Å². The van der Waals surface area contributed by atoms with Crippen molar-refractivity contribution in [1.29, 1.82) is 0 Å². The maximum Gasteiger partial charge on any atom is 0.243 e. The van der Waals surface area contributed by atoms with Crippen LogP contribution in [0.5, 0.6) is 0 Å². The highest BCUT2D eigenvalue weighted by molar-refractivity contribution is 7.89. The number of hydrogen-bond donors (Lipinski definition) is 1. The van der Waals surface area contributed by atoms with Crippen LogP contribution in [0, 0.1) is 11.6 Å². The minimum atomic E-state index is -3.97. The average Bonchev–Trinajstić information content (AvgIpc) is 2.54. The lowest BCUT2D eigenvalue weighted by Crippen LogP contribution is -2.48. The van der Waals surface area contributed by atoms with Crippen molar-refractivity contribution >= 4 is 21.6 Å². The highest BCUT2D eigenvalue weighted by Gasteiger charge is 2.35. The quantitative estimate of drug-likeness (QED) is 0.901. The molecular weight excluding hydrogens is 358 g/mol. The zero-order valence-electron chi connectivity index (χ0n) is 12.5. The van der Waals surface area contributed by atoms with Crippen molar-refractivity contribution in [2.24, 2.45) is 0 Å². The SMILES string of the molecule is O=S(=O)(c1cc(F)cc(Cl)c1)N1CCNCC1c1cccc(F)c1. The van der Waals surface area contributed by atoms with E-state index < -0.39 is 27.7 Å². The monoisotopic (exact) mass is 372 g/mol. The molecule has 8 heteroatoms. The van der Waals surface area contributed by atoms with Crippen molar-refractivity contribution in [3.63, 3.8) is 0 Å². The smallest absolute Gasteiger partial charge is 0.243 e. The molecule has 0 saturated carbocycles. The van der Waals surface area contributed by atoms with Crippen molar-refractivity contribution in [1.82, 2.24) is 9.62 Å². The van der Waals surface area contributed by atoms with Gasteiger partial charge >= 0.3 is 0 Å². The molecule has 24 heavy (non-hydrogen) atoms. The Balaban J connectivity index is 2.03. The van der Waals surface area contributed by atoms with Crippen LogP contribution in [0.25, 0.3) is 0 Å². The number of nitrogens with one attached hydrogen (secondary N) is 1. The van der Waals surface area contributed by atoms with Gasteiger partial charge in [0, 0.05) is 24.7 Å². The van der Waals surface area contributed by atoms with Gasteiger partial charge in [-0.15, -0.1) is 0 Å². The Morgan fingerprint density at radius 1 is 1.12 bits per heavy atom. The molecule has 1 N–H and O–H groups in total. The first-order valence-corrected chi connectivity index (χ1v) is 9.14. The molecule has 1 aliphatic heterocycles. The molecule has 1 unspecified atom stereocenters. The first-order chi connectivity index (χ1) is 11.4. The second-order valence-electron chi connectivity index (χ2n) is 5.50. The molecular formula is C16H15ClF2N2O2S. The molecule has 0 aliphatic carbocycles. The van der Waals surface area contributed by atoms with Crippen molar-refractivity contribution < 1.29 is 17.2 Å². The van der Waals surface area contributed by atoms with E-state index >= 15 is 0 Å². The van der Waals surface area contributed by atoms with Gasteiger partial charge in [-0.1, -0.05) is 23.7 Å². The standard InChI is InChI=1S/C16H15ClF2N2O2S/c17-12-7-14(19)9-15(8-12)24(22,23)21-5-4-20-10-16(21)11-2-1-3-13(18)6-11/h1-3,6-9,16,20H,4-5,10H2. The zero-order valence-corrected chi connectivity index (χ0v) is 14.1. The normalized spacial score (nSPS) is 19.4. The number of nitrogens with zero attached hydrogens (tertiary/aromatic N) is 1. The number of benzene rings is 2. The van der Waals surface area contributed by atoms with Crippen LogP contribution in [0.1, 0.15) is 11.6 Å². The summed E-state index contributed by atoms with van der Waals surface area (Å²) in [6.07, 6.45) is 0. The first kappa shape index (κ1) is 17.3. The zero-order chi connectivity index (χ0) is 17.3. The Morgan fingerprint density at radius 2 is 1.92 bits per heavy atom. The summed E-state index contributed by atoms with van der Waals surface area (Å²) in [4.78, 5) is -0.212. The summed E-state index contributed by atoms with van der Waals surface area (Å²) < 4.78 is 54.2. The summed E-state index contributed by atoms with van der Waals surface area (Å²) in [7, 11) is -3.97. The van der Waals surface area contributed by atoms with E-state index in [1.54, 1.807) is 6.07 Å². The van der Waals surface area contributed by atoms with Gasteiger partial charge in [0.1, 0.15) is 11.6 Å². The van der Waals surface area contributed by atoms with E-state index in [4.69, 9.17) is 11.6 Å². The molecule has 2 aromatic rings. The maximum atomic E-state index is 13.6. The van der Waals surface area contributed by atoms with E-state index in [9.17, 15) is 17.2 Å². The van der Waals surface area contributed by atoms with Crippen molar-refractivity contribution in [3.05, 3.63) is 64.7 Å². The summed E-state index contributed by atoms with van der Waals surface area (Å²) in [6.45, 7) is 0.984. The summed E-state index contributed by atoms with van der Waals surface area (Å²) in [5.41, 5.74) is 0.535. The van der Waals surface area contributed by atoms with Crippen molar-refractivity contribution in [2.45, 2.75) is 10.9 Å². The molecule has 0 amide bonds. The molecule has 1 atom stereocenters. The molecule has 3 rings (SSSR count). The molecule has 0 radical (unpaired) electrons. The number of rotatable bonds is 3. The lowest BCUT2D eigenvalue weighted by Gasteiger charge is -2.35. The minimum Gasteiger partial charge on any atom is -0.313 e. The van der Waals surface area contributed by atoms with Crippen LogP contribution in [0.2, 0.25) is 5.02 Å². The third kappa shape index (κ3) is 3.44. The molecule has 0 aromatic heterocycles. The van der Waals surface area contributed by atoms with E-state index in [0.717, 1.165) is 12.1 Å². The van der Waals surface area contributed by atoms with Crippen molar-refractivity contribution in [3.8, 4) is 0 Å². The molecule has 4 nitrogen and oxygen atoms in total. The van der Waals surface area contributed by atoms with Gasteiger partial charge in [-0.3, -0.25) is 0 Å². The van der Waals surface area contributed by atoms with Gasteiger partial charge in [0.25, 0.3) is 0 Å². The number of sulfonamides is 1. The van der Waals surface area contributed by atoms with Gasteiger partial charge in [-0.2, -0.15) is 4.31 Å². The maximum absolute atomic E-state index is 13.6. The Kier molecular flexibility index (Phi) is 4.87. The fraction of sp³-hybridized carbons (Fsp3) is 0.250. The summed E-state index contributed by atoms with van der Waals surface area (Å²) >= 11 is 5.78. The Labute approximate surface area is 144 Å². The molecule has 2 aromatic carbocycles. The van der Waals surface area contributed by atoms with Gasteiger partial charge in [0.15, 0.2) is 0 Å². The molecule has 0 spiro atoms. The lowest BCUT2D eigenvalue weighted by atomic mass is 10.1. The van der Waals surface area contributed by atoms with E-state index in [0.29, 0.717) is 18.7 Å². The Bertz CT molecular complexity index is 841. The highest BCUT2D eigenvalue weighted by atomic mass is 35.5. The van der Waals surface area contributed by atoms with Crippen LogP contribution in [0.3, 0.4) is 0 Å². The molecule has 1 fully saturated rings. The molecule has 1 heterocycles. The van der Waals surface area contributed by atoms with Crippen LogP contribution in [0.4, 0.5) is 8.78 Å². The Morgan fingerprint density at radius 3 is 2.62 bits per heavy atom. The van der Waals surface area contributed by atoms with Crippen molar-refractivity contribution in [2.75, 3.05) is 19.6 Å². The van der Waals surface area contributed by atoms with Gasteiger partial charge in [0.05, 0.1) is 10.9 Å². The molecule has 128 valence electrons. The predicted molar refractivity (Wildman–Crippen MR) is 87.3 cm³/mol. The van der Waals surface area contributed by atoms with Crippen LogP contribution >= 0.6 is 11.6 Å². The highest BCUT2D eigenvalue weighted by Crippen LogP contribution is 2.30. The topological polar surface area (TPSA) is 49.4 Å². The van der Waals surface area contributed by atoms with E-state index in [-0.39, 0.29) is 16.5 Å². The predicted octanol–water partition coefficient (Wildman–Crippen LogP) is 2.95. The largest absolute Gasteiger partial charge is 0.313 e. The third-order valence-corrected chi connectivity index (χ3v) is 5.97.